The molecule has 2 aromatic carbocycles. The number of aromatic nitrogens is 2. The van der Waals surface area contributed by atoms with Gasteiger partial charge in [0.1, 0.15) is 5.82 Å². The molecular weight excluding hydrogens is 373 g/mol. The summed E-state index contributed by atoms with van der Waals surface area (Å²) in [4.78, 5) is 17.7. The van der Waals surface area contributed by atoms with Crippen LogP contribution in [0.15, 0.2) is 60.1 Å². The van der Waals surface area contributed by atoms with Crippen molar-refractivity contribution in [1.29, 1.82) is 0 Å². The zero-order valence-corrected chi connectivity index (χ0v) is 15.0. The van der Waals surface area contributed by atoms with Gasteiger partial charge in [-0.2, -0.15) is 0 Å². The van der Waals surface area contributed by atoms with Crippen LogP contribution in [0.2, 0.25) is 5.02 Å². The van der Waals surface area contributed by atoms with Crippen LogP contribution in [0.5, 0.6) is 0 Å². The predicted molar refractivity (Wildman–Crippen MR) is 102 cm³/mol. The first-order valence-corrected chi connectivity index (χ1v) is 9.11. The van der Waals surface area contributed by atoms with Gasteiger partial charge in [0.2, 0.25) is 5.91 Å². The molecule has 1 N–H and O–H groups in total. The highest BCUT2D eigenvalue weighted by Crippen LogP contribution is 2.26. The van der Waals surface area contributed by atoms with E-state index < -0.39 is 0 Å². The number of nitrogens with zero attached hydrogens (tertiary/aromatic N) is 2. The maximum Gasteiger partial charge on any atom is 0.230 e. The van der Waals surface area contributed by atoms with Gasteiger partial charge in [-0.15, -0.1) is 11.3 Å². The Morgan fingerprint density at radius 1 is 1.23 bits per heavy atom. The van der Waals surface area contributed by atoms with Gasteiger partial charge >= 0.3 is 0 Å². The molecule has 130 valence electrons. The summed E-state index contributed by atoms with van der Waals surface area (Å²) in [5, 5.41) is 5.33. The van der Waals surface area contributed by atoms with Gasteiger partial charge in [-0.05, 0) is 36.4 Å². The molecule has 0 atom stereocenters. The number of benzene rings is 2. The Balaban J connectivity index is 1.55. The molecule has 0 unspecified atom stereocenters. The molecule has 0 saturated carbocycles. The summed E-state index contributed by atoms with van der Waals surface area (Å²) in [6, 6.07) is 13.2. The Bertz CT molecular complexity index is 1090. The number of amides is 1. The van der Waals surface area contributed by atoms with Crippen molar-refractivity contribution in [1.82, 2.24) is 9.38 Å². The van der Waals surface area contributed by atoms with E-state index >= 15 is 0 Å². The molecule has 0 radical (unpaired) electrons. The van der Waals surface area contributed by atoms with Crippen LogP contribution < -0.4 is 5.32 Å². The van der Waals surface area contributed by atoms with Crippen molar-refractivity contribution < 1.29 is 9.18 Å². The monoisotopic (exact) mass is 385 g/mol. The van der Waals surface area contributed by atoms with Crippen molar-refractivity contribution in [3.05, 3.63) is 76.6 Å². The van der Waals surface area contributed by atoms with Crippen LogP contribution in [0.1, 0.15) is 5.69 Å². The molecule has 1 amide bonds. The number of rotatable bonds is 4. The molecule has 26 heavy (non-hydrogen) atoms. The minimum absolute atomic E-state index is 0.172. The number of halogens is 2. The molecule has 0 aliphatic carbocycles. The standard InChI is InChI=1S/C19H13ClFN3OS/c20-13-3-1-2-12(8-13)17-10-24-16(11-26-19(24)23-17)9-18(25)22-15-6-4-14(21)5-7-15/h1-8,10-11H,9H2,(H,22,25). The third-order valence-electron chi connectivity index (χ3n) is 3.87. The lowest BCUT2D eigenvalue weighted by molar-refractivity contribution is -0.115. The summed E-state index contributed by atoms with van der Waals surface area (Å²) in [6.07, 6.45) is 2.10. The fraction of sp³-hybridized carbons (Fsp3) is 0.0526. The van der Waals surface area contributed by atoms with Crippen LogP contribution in [0, 0.1) is 5.82 Å². The van der Waals surface area contributed by atoms with E-state index in [1.807, 2.05) is 40.2 Å². The quantitative estimate of drug-likeness (QED) is 0.535. The first-order valence-electron chi connectivity index (χ1n) is 7.85. The second-order valence-electron chi connectivity index (χ2n) is 5.75. The van der Waals surface area contributed by atoms with Gasteiger partial charge in [0.15, 0.2) is 4.96 Å². The van der Waals surface area contributed by atoms with Gasteiger partial charge in [-0.1, -0.05) is 23.7 Å². The first-order chi connectivity index (χ1) is 12.6. The van der Waals surface area contributed by atoms with E-state index in [0.717, 1.165) is 21.9 Å². The molecule has 0 fully saturated rings. The van der Waals surface area contributed by atoms with Crippen molar-refractivity contribution in [3.8, 4) is 11.3 Å². The molecule has 0 saturated heterocycles. The average molecular weight is 386 g/mol. The number of hydrogen-bond donors (Lipinski definition) is 1. The van der Waals surface area contributed by atoms with Gasteiger partial charge in [-0.3, -0.25) is 9.20 Å². The van der Waals surface area contributed by atoms with Gasteiger partial charge in [0, 0.05) is 33.5 Å². The third kappa shape index (κ3) is 3.47. The summed E-state index contributed by atoms with van der Waals surface area (Å²) >= 11 is 7.52. The fourth-order valence-electron chi connectivity index (χ4n) is 2.65. The summed E-state index contributed by atoms with van der Waals surface area (Å²) in [5.74, 6) is -0.510. The first kappa shape index (κ1) is 16.8. The number of imidazole rings is 1. The molecular formula is C19H13ClFN3OS. The Morgan fingerprint density at radius 2 is 2.04 bits per heavy atom. The van der Waals surface area contributed by atoms with Crippen molar-refractivity contribution in [2.24, 2.45) is 0 Å². The van der Waals surface area contributed by atoms with Crippen LogP contribution in [0.3, 0.4) is 0 Å². The smallest absolute Gasteiger partial charge is 0.230 e. The van der Waals surface area contributed by atoms with Crippen molar-refractivity contribution >= 4 is 39.5 Å². The van der Waals surface area contributed by atoms with Gasteiger partial charge in [0.05, 0.1) is 12.1 Å². The van der Waals surface area contributed by atoms with Crippen LogP contribution in [-0.2, 0) is 11.2 Å². The minimum atomic E-state index is -0.338. The Labute approximate surface area is 157 Å². The molecule has 0 aliphatic heterocycles. The number of carbonyl (C=O) groups is 1. The summed E-state index contributed by atoms with van der Waals surface area (Å²) in [6.45, 7) is 0. The highest BCUT2D eigenvalue weighted by Gasteiger charge is 2.13. The van der Waals surface area contributed by atoms with Crippen LogP contribution >= 0.6 is 22.9 Å². The average Bonchev–Trinajstić information content (AvgIpc) is 3.19. The number of nitrogens with one attached hydrogen (secondary N) is 1. The van der Waals surface area contributed by atoms with Crippen molar-refractivity contribution in [2.75, 3.05) is 5.32 Å². The maximum absolute atomic E-state index is 12.9. The fourth-order valence-corrected chi connectivity index (χ4v) is 3.71. The molecule has 7 heteroatoms. The Morgan fingerprint density at radius 3 is 2.81 bits per heavy atom. The lowest BCUT2D eigenvalue weighted by Gasteiger charge is -2.04. The molecule has 4 rings (SSSR count). The molecule has 0 bridgehead atoms. The number of anilines is 1. The van der Waals surface area contributed by atoms with E-state index in [0.29, 0.717) is 10.7 Å². The normalized spacial score (nSPS) is 11.0. The van der Waals surface area contributed by atoms with E-state index in [9.17, 15) is 9.18 Å². The van der Waals surface area contributed by atoms with E-state index in [4.69, 9.17) is 11.6 Å². The van der Waals surface area contributed by atoms with Crippen molar-refractivity contribution in [2.45, 2.75) is 6.42 Å². The lowest BCUT2D eigenvalue weighted by Crippen LogP contribution is -2.15. The topological polar surface area (TPSA) is 46.4 Å². The number of hydrogen-bond acceptors (Lipinski definition) is 3. The van der Waals surface area contributed by atoms with E-state index in [-0.39, 0.29) is 18.1 Å². The van der Waals surface area contributed by atoms with Crippen LogP contribution in [0.4, 0.5) is 10.1 Å². The zero-order chi connectivity index (χ0) is 18.1. The van der Waals surface area contributed by atoms with Crippen molar-refractivity contribution in [3.63, 3.8) is 0 Å². The predicted octanol–water partition coefficient (Wildman–Crippen LogP) is 5.04. The summed E-state index contributed by atoms with van der Waals surface area (Å²) in [7, 11) is 0. The zero-order valence-electron chi connectivity index (χ0n) is 13.4. The Kier molecular flexibility index (Phi) is 4.44. The van der Waals surface area contributed by atoms with E-state index in [1.165, 1.54) is 35.6 Å². The van der Waals surface area contributed by atoms with Gasteiger partial charge in [-0.25, -0.2) is 9.37 Å². The molecule has 4 nitrogen and oxygen atoms in total. The SMILES string of the molecule is O=C(Cc1csc2nc(-c3cccc(Cl)c3)cn12)Nc1ccc(F)cc1. The Hall–Kier alpha value is -2.70. The molecule has 0 aliphatic rings. The summed E-state index contributed by atoms with van der Waals surface area (Å²) < 4.78 is 14.8. The molecule has 4 aromatic rings. The van der Waals surface area contributed by atoms with Gasteiger partial charge < -0.3 is 5.32 Å². The highest BCUT2D eigenvalue weighted by molar-refractivity contribution is 7.15. The maximum atomic E-state index is 12.9. The minimum Gasteiger partial charge on any atom is -0.326 e. The third-order valence-corrected chi connectivity index (χ3v) is 5.00. The van der Waals surface area contributed by atoms with Gasteiger partial charge in [0.25, 0.3) is 0 Å². The van der Waals surface area contributed by atoms with Crippen LogP contribution in [0.25, 0.3) is 16.2 Å². The number of thiazole rings is 1. The summed E-state index contributed by atoms with van der Waals surface area (Å²) in [5.41, 5.74) is 3.13. The second kappa shape index (κ2) is 6.90. The largest absolute Gasteiger partial charge is 0.326 e. The second-order valence-corrected chi connectivity index (χ2v) is 7.02. The number of fused-ring (bicyclic) bond motifs is 1. The van der Waals surface area contributed by atoms with E-state index in [2.05, 4.69) is 10.3 Å². The highest BCUT2D eigenvalue weighted by atomic mass is 35.5. The molecule has 0 spiro atoms. The molecule has 2 aromatic heterocycles. The number of carbonyl (C=O) groups excluding carboxylic acids is 1. The molecule has 2 heterocycles. The van der Waals surface area contributed by atoms with Crippen LogP contribution in [-0.4, -0.2) is 15.3 Å². The van der Waals surface area contributed by atoms with E-state index in [1.54, 1.807) is 0 Å². The lowest BCUT2D eigenvalue weighted by atomic mass is 10.2.